The van der Waals surface area contributed by atoms with E-state index >= 15 is 0 Å². The van der Waals surface area contributed by atoms with Crippen LogP contribution in [0.4, 0.5) is 0 Å². The second-order valence-corrected chi connectivity index (χ2v) is 9.80. The van der Waals surface area contributed by atoms with Crippen LogP contribution in [0.1, 0.15) is 64.7 Å². The maximum atomic E-state index is 6.30. The van der Waals surface area contributed by atoms with Gasteiger partial charge in [0.2, 0.25) is 7.42 Å². The van der Waals surface area contributed by atoms with Gasteiger partial charge in [-0.2, -0.15) is 0 Å². The molecule has 1 fully saturated rings. The van der Waals surface area contributed by atoms with Crippen LogP contribution in [0.5, 0.6) is 0 Å². The van der Waals surface area contributed by atoms with Crippen molar-refractivity contribution in [3.63, 3.8) is 0 Å². The standard InChI is InChI=1S/C11H22Cl2Si/c1-2-3-5-8-11(14(12)13)9-6-4-7-10-11/h14H,2-10H2,1H3. The molecular formula is C11H22Cl2Si. The van der Waals surface area contributed by atoms with Gasteiger partial charge in [-0.3, -0.25) is 0 Å². The van der Waals surface area contributed by atoms with E-state index in [1.54, 1.807) is 0 Å². The summed E-state index contributed by atoms with van der Waals surface area (Å²) < 4.78 is 0. The van der Waals surface area contributed by atoms with Crippen molar-refractivity contribution in [3.05, 3.63) is 0 Å². The number of halogens is 2. The van der Waals surface area contributed by atoms with E-state index in [0.717, 1.165) is 0 Å². The monoisotopic (exact) mass is 252 g/mol. The minimum Gasteiger partial charge on any atom is -0.150 e. The van der Waals surface area contributed by atoms with Gasteiger partial charge in [0.05, 0.1) is 0 Å². The first-order valence-corrected chi connectivity index (χ1v) is 10.1. The Balaban J connectivity index is 2.43. The summed E-state index contributed by atoms with van der Waals surface area (Å²) in [6.07, 6.45) is 12.0. The van der Waals surface area contributed by atoms with Crippen LogP contribution in [0.2, 0.25) is 5.04 Å². The highest BCUT2D eigenvalue weighted by molar-refractivity contribution is 7.35. The molecular weight excluding hydrogens is 231 g/mol. The van der Waals surface area contributed by atoms with Crippen LogP contribution in [-0.2, 0) is 0 Å². The summed E-state index contributed by atoms with van der Waals surface area (Å²) in [5, 5.41) is 0.399. The first kappa shape index (κ1) is 12.9. The molecule has 0 saturated heterocycles. The first-order valence-electron chi connectivity index (χ1n) is 5.99. The highest BCUT2D eigenvalue weighted by Crippen LogP contribution is 2.51. The Hall–Kier alpha value is 0.797. The third-order valence-electron chi connectivity index (χ3n) is 3.59. The normalized spacial score (nSPS) is 21.4. The lowest BCUT2D eigenvalue weighted by atomic mass is 9.84. The van der Waals surface area contributed by atoms with Gasteiger partial charge in [-0.25, -0.2) is 0 Å². The maximum Gasteiger partial charge on any atom is 0.243 e. The molecule has 0 heterocycles. The zero-order valence-corrected chi connectivity index (χ0v) is 11.9. The van der Waals surface area contributed by atoms with Crippen molar-refractivity contribution in [1.82, 2.24) is 0 Å². The zero-order valence-electron chi connectivity index (χ0n) is 9.20. The molecule has 1 aliphatic rings. The topological polar surface area (TPSA) is 0 Å². The average molecular weight is 253 g/mol. The fraction of sp³-hybridized carbons (Fsp3) is 1.00. The van der Waals surface area contributed by atoms with E-state index in [-0.39, 0.29) is 0 Å². The highest BCUT2D eigenvalue weighted by Gasteiger charge is 2.38. The number of unbranched alkanes of at least 4 members (excludes halogenated alkanes) is 2. The molecule has 84 valence electrons. The average Bonchev–Trinajstić information content (AvgIpc) is 2.19. The van der Waals surface area contributed by atoms with Crippen molar-refractivity contribution in [2.24, 2.45) is 0 Å². The predicted molar refractivity (Wildman–Crippen MR) is 68.8 cm³/mol. The molecule has 0 unspecified atom stereocenters. The molecule has 14 heavy (non-hydrogen) atoms. The quantitative estimate of drug-likeness (QED) is 0.368. The van der Waals surface area contributed by atoms with Crippen molar-refractivity contribution in [2.45, 2.75) is 69.7 Å². The molecule has 0 radical (unpaired) electrons. The van der Waals surface area contributed by atoms with Gasteiger partial charge in [-0.1, -0.05) is 45.4 Å². The minimum atomic E-state index is -1.49. The summed E-state index contributed by atoms with van der Waals surface area (Å²) in [6.45, 7) is 2.25. The molecule has 1 aliphatic carbocycles. The number of hydrogen-bond donors (Lipinski definition) is 0. The zero-order chi connectivity index (χ0) is 10.4. The molecule has 0 aromatic carbocycles. The van der Waals surface area contributed by atoms with Gasteiger partial charge in [0.25, 0.3) is 0 Å². The van der Waals surface area contributed by atoms with Crippen molar-refractivity contribution >= 4 is 29.6 Å². The molecule has 0 aromatic rings. The van der Waals surface area contributed by atoms with Gasteiger partial charge in [0, 0.05) is 0 Å². The van der Waals surface area contributed by atoms with Crippen LogP contribution in [0, 0.1) is 0 Å². The van der Waals surface area contributed by atoms with E-state index in [0.29, 0.717) is 5.04 Å². The predicted octanol–water partition coefficient (Wildman–Crippen LogP) is 4.97. The summed E-state index contributed by atoms with van der Waals surface area (Å²) in [6, 6.07) is 0. The maximum absolute atomic E-state index is 6.30. The van der Waals surface area contributed by atoms with Gasteiger partial charge >= 0.3 is 0 Å². The summed E-state index contributed by atoms with van der Waals surface area (Å²) in [7, 11) is -1.49. The van der Waals surface area contributed by atoms with Gasteiger partial charge < -0.3 is 0 Å². The molecule has 0 amide bonds. The largest absolute Gasteiger partial charge is 0.243 e. The highest BCUT2D eigenvalue weighted by atomic mass is 35.7. The third-order valence-corrected chi connectivity index (χ3v) is 8.16. The smallest absolute Gasteiger partial charge is 0.150 e. The lowest BCUT2D eigenvalue weighted by Crippen LogP contribution is -2.27. The van der Waals surface area contributed by atoms with Crippen LogP contribution in [0.3, 0.4) is 0 Å². The van der Waals surface area contributed by atoms with E-state index in [9.17, 15) is 0 Å². The summed E-state index contributed by atoms with van der Waals surface area (Å²) >= 11 is 12.6. The van der Waals surface area contributed by atoms with E-state index in [4.69, 9.17) is 22.2 Å². The number of hydrogen-bond acceptors (Lipinski definition) is 0. The Labute approximate surface area is 99.4 Å². The van der Waals surface area contributed by atoms with Crippen LogP contribution >= 0.6 is 22.2 Å². The van der Waals surface area contributed by atoms with Crippen LogP contribution < -0.4 is 0 Å². The first-order chi connectivity index (χ1) is 6.71. The fourth-order valence-corrected chi connectivity index (χ4v) is 5.79. The Morgan fingerprint density at radius 3 is 2.21 bits per heavy atom. The van der Waals surface area contributed by atoms with Gasteiger partial charge in [-0.15, -0.1) is 22.2 Å². The summed E-state index contributed by atoms with van der Waals surface area (Å²) in [5.74, 6) is 0. The molecule has 0 aliphatic heterocycles. The fourth-order valence-electron chi connectivity index (χ4n) is 2.56. The van der Waals surface area contributed by atoms with Crippen LogP contribution in [-0.4, -0.2) is 7.42 Å². The Kier molecular flexibility index (Phi) is 5.88. The molecule has 0 nitrogen and oxygen atoms in total. The lowest BCUT2D eigenvalue weighted by molar-refractivity contribution is 0.346. The second-order valence-electron chi connectivity index (χ2n) is 4.68. The third kappa shape index (κ3) is 3.43. The SMILES string of the molecule is CCCCCC1([SiH](Cl)Cl)CCCCC1. The second kappa shape index (κ2) is 6.39. The molecule has 0 bridgehead atoms. The van der Waals surface area contributed by atoms with E-state index < -0.39 is 7.42 Å². The molecule has 0 N–H and O–H groups in total. The Bertz CT molecular complexity index is 153. The molecule has 1 saturated carbocycles. The van der Waals surface area contributed by atoms with Gasteiger partial charge in [-0.05, 0) is 24.3 Å². The summed E-state index contributed by atoms with van der Waals surface area (Å²) in [5.41, 5.74) is 0. The van der Waals surface area contributed by atoms with Crippen LogP contribution in [0.15, 0.2) is 0 Å². The summed E-state index contributed by atoms with van der Waals surface area (Å²) in [4.78, 5) is 0. The van der Waals surface area contributed by atoms with E-state index in [1.165, 1.54) is 57.8 Å². The Morgan fingerprint density at radius 2 is 1.71 bits per heavy atom. The van der Waals surface area contributed by atoms with Gasteiger partial charge in [0.15, 0.2) is 0 Å². The van der Waals surface area contributed by atoms with Crippen molar-refractivity contribution < 1.29 is 0 Å². The number of rotatable bonds is 5. The van der Waals surface area contributed by atoms with Crippen molar-refractivity contribution in [3.8, 4) is 0 Å². The van der Waals surface area contributed by atoms with E-state index in [1.807, 2.05) is 0 Å². The molecule has 3 heteroatoms. The van der Waals surface area contributed by atoms with Crippen molar-refractivity contribution in [2.75, 3.05) is 0 Å². The lowest BCUT2D eigenvalue weighted by Gasteiger charge is -2.37. The molecule has 0 spiro atoms. The Morgan fingerprint density at radius 1 is 1.07 bits per heavy atom. The molecule has 0 aromatic heterocycles. The van der Waals surface area contributed by atoms with Crippen LogP contribution in [0.25, 0.3) is 0 Å². The van der Waals surface area contributed by atoms with Gasteiger partial charge in [0.1, 0.15) is 0 Å². The molecule has 1 rings (SSSR count). The minimum absolute atomic E-state index is 0.399. The molecule has 0 atom stereocenters. The van der Waals surface area contributed by atoms with Crippen molar-refractivity contribution in [1.29, 1.82) is 0 Å². The van der Waals surface area contributed by atoms with E-state index in [2.05, 4.69) is 6.92 Å².